The number of unbranched alkanes of at least 4 members (excludes halogenated alkanes) is 3. The van der Waals surface area contributed by atoms with Crippen LogP contribution in [0.15, 0.2) is 30.3 Å². The van der Waals surface area contributed by atoms with Gasteiger partial charge in [0.25, 0.3) is 0 Å². The molecule has 1 nitrogen and oxygen atoms in total. The molecular formula is C16H27N. The van der Waals surface area contributed by atoms with Crippen LogP contribution in [0.5, 0.6) is 0 Å². The summed E-state index contributed by atoms with van der Waals surface area (Å²) in [5.74, 6) is 0. The lowest BCUT2D eigenvalue weighted by molar-refractivity contribution is 0.470. The predicted molar refractivity (Wildman–Crippen MR) is 76.2 cm³/mol. The van der Waals surface area contributed by atoms with Crippen molar-refractivity contribution in [2.75, 3.05) is 6.54 Å². The molecule has 17 heavy (non-hydrogen) atoms. The fourth-order valence-corrected chi connectivity index (χ4v) is 2.17. The van der Waals surface area contributed by atoms with Crippen molar-refractivity contribution in [1.29, 1.82) is 0 Å². The Morgan fingerprint density at radius 2 is 1.71 bits per heavy atom. The average Bonchev–Trinajstić information content (AvgIpc) is 2.39. The number of nitrogens with one attached hydrogen (secondary N) is 1. The number of benzene rings is 1. The highest BCUT2D eigenvalue weighted by Crippen LogP contribution is 2.19. The monoisotopic (exact) mass is 233 g/mol. The minimum absolute atomic E-state index is 0.549. The molecule has 0 fully saturated rings. The van der Waals surface area contributed by atoms with Crippen molar-refractivity contribution in [1.82, 2.24) is 5.32 Å². The molecule has 1 rings (SSSR count). The highest BCUT2D eigenvalue weighted by Gasteiger charge is 2.09. The van der Waals surface area contributed by atoms with Crippen LogP contribution in [-0.2, 0) is 0 Å². The van der Waals surface area contributed by atoms with Crippen molar-refractivity contribution in [3.8, 4) is 0 Å². The standard InChI is InChI=1S/C16H27N/c1-3-5-6-10-13-16(17-14-4-2)15-11-8-7-9-12-15/h7-9,11-12,16-17H,3-6,10,13-14H2,1-2H3. The second-order valence-electron chi connectivity index (χ2n) is 4.77. The van der Waals surface area contributed by atoms with Gasteiger partial charge in [-0.25, -0.2) is 0 Å². The lowest BCUT2D eigenvalue weighted by Crippen LogP contribution is -2.22. The SMILES string of the molecule is CCCCCCC(NCCC)c1ccccc1. The second-order valence-corrected chi connectivity index (χ2v) is 4.77. The molecule has 0 saturated heterocycles. The molecule has 0 aliphatic heterocycles. The van der Waals surface area contributed by atoms with Crippen LogP contribution < -0.4 is 5.32 Å². The Hall–Kier alpha value is -0.820. The highest BCUT2D eigenvalue weighted by atomic mass is 14.9. The van der Waals surface area contributed by atoms with Gasteiger partial charge in [-0.2, -0.15) is 0 Å². The molecule has 0 radical (unpaired) electrons. The van der Waals surface area contributed by atoms with Gasteiger partial charge in [0.05, 0.1) is 0 Å². The molecule has 0 bridgehead atoms. The molecule has 0 heterocycles. The Bertz CT molecular complexity index is 268. The lowest BCUT2D eigenvalue weighted by Gasteiger charge is -2.19. The fourth-order valence-electron chi connectivity index (χ4n) is 2.17. The Kier molecular flexibility index (Phi) is 7.74. The van der Waals surface area contributed by atoms with Crippen molar-refractivity contribution >= 4 is 0 Å². The van der Waals surface area contributed by atoms with Gasteiger partial charge in [-0.1, -0.05) is 69.9 Å². The normalized spacial score (nSPS) is 12.6. The van der Waals surface area contributed by atoms with Gasteiger partial charge in [0.2, 0.25) is 0 Å². The van der Waals surface area contributed by atoms with Crippen LogP contribution in [0, 0.1) is 0 Å². The maximum atomic E-state index is 3.66. The van der Waals surface area contributed by atoms with Crippen LogP contribution in [0.4, 0.5) is 0 Å². The van der Waals surface area contributed by atoms with Crippen molar-refractivity contribution in [2.45, 2.75) is 58.4 Å². The Labute approximate surface area is 107 Å². The van der Waals surface area contributed by atoms with Gasteiger partial charge in [0.15, 0.2) is 0 Å². The van der Waals surface area contributed by atoms with Crippen LogP contribution in [-0.4, -0.2) is 6.54 Å². The fraction of sp³-hybridized carbons (Fsp3) is 0.625. The lowest BCUT2D eigenvalue weighted by atomic mass is 10.00. The molecule has 0 amide bonds. The van der Waals surface area contributed by atoms with Crippen molar-refractivity contribution in [3.63, 3.8) is 0 Å². The van der Waals surface area contributed by atoms with Gasteiger partial charge in [-0.05, 0) is 24.9 Å². The summed E-state index contributed by atoms with van der Waals surface area (Å²) in [5.41, 5.74) is 1.44. The second kappa shape index (κ2) is 9.23. The van der Waals surface area contributed by atoms with E-state index in [1.807, 2.05) is 0 Å². The van der Waals surface area contributed by atoms with E-state index in [9.17, 15) is 0 Å². The third kappa shape index (κ3) is 5.88. The topological polar surface area (TPSA) is 12.0 Å². The van der Waals surface area contributed by atoms with Crippen LogP contribution in [0.2, 0.25) is 0 Å². The summed E-state index contributed by atoms with van der Waals surface area (Å²) in [6, 6.07) is 11.4. The Morgan fingerprint density at radius 1 is 0.941 bits per heavy atom. The molecule has 1 heteroatoms. The molecule has 0 spiro atoms. The Morgan fingerprint density at radius 3 is 2.35 bits per heavy atom. The Balaban J connectivity index is 2.43. The molecule has 1 N–H and O–H groups in total. The van der Waals surface area contributed by atoms with Gasteiger partial charge < -0.3 is 5.32 Å². The van der Waals surface area contributed by atoms with Gasteiger partial charge in [-0.15, -0.1) is 0 Å². The highest BCUT2D eigenvalue weighted by molar-refractivity contribution is 5.18. The van der Waals surface area contributed by atoms with Crippen molar-refractivity contribution in [3.05, 3.63) is 35.9 Å². The van der Waals surface area contributed by atoms with Crippen LogP contribution in [0.3, 0.4) is 0 Å². The van der Waals surface area contributed by atoms with Gasteiger partial charge >= 0.3 is 0 Å². The summed E-state index contributed by atoms with van der Waals surface area (Å²) in [6.45, 7) is 5.61. The van der Waals surface area contributed by atoms with Crippen LogP contribution in [0.25, 0.3) is 0 Å². The van der Waals surface area contributed by atoms with E-state index in [1.165, 1.54) is 44.1 Å². The summed E-state index contributed by atoms with van der Waals surface area (Å²) in [6.07, 6.45) is 7.87. The minimum atomic E-state index is 0.549. The zero-order valence-electron chi connectivity index (χ0n) is 11.4. The first kappa shape index (κ1) is 14.2. The first-order chi connectivity index (χ1) is 8.38. The molecule has 0 aromatic heterocycles. The van der Waals surface area contributed by atoms with Crippen molar-refractivity contribution < 1.29 is 0 Å². The van der Waals surface area contributed by atoms with E-state index in [-0.39, 0.29) is 0 Å². The number of hydrogen-bond donors (Lipinski definition) is 1. The maximum absolute atomic E-state index is 3.66. The molecule has 0 saturated carbocycles. The number of rotatable bonds is 9. The summed E-state index contributed by atoms with van der Waals surface area (Å²) in [5, 5.41) is 3.66. The average molecular weight is 233 g/mol. The molecule has 1 aromatic carbocycles. The smallest absolute Gasteiger partial charge is 0.0320 e. The van der Waals surface area contributed by atoms with E-state index in [0.717, 1.165) is 6.54 Å². The number of hydrogen-bond acceptors (Lipinski definition) is 1. The van der Waals surface area contributed by atoms with Crippen LogP contribution in [0.1, 0.15) is 64.0 Å². The van der Waals surface area contributed by atoms with E-state index >= 15 is 0 Å². The quantitative estimate of drug-likeness (QED) is 0.610. The summed E-state index contributed by atoms with van der Waals surface area (Å²) >= 11 is 0. The summed E-state index contributed by atoms with van der Waals surface area (Å²) in [4.78, 5) is 0. The molecular weight excluding hydrogens is 206 g/mol. The van der Waals surface area contributed by atoms with E-state index in [4.69, 9.17) is 0 Å². The van der Waals surface area contributed by atoms with Gasteiger partial charge in [0, 0.05) is 6.04 Å². The third-order valence-corrected chi connectivity index (χ3v) is 3.19. The molecule has 96 valence electrons. The van der Waals surface area contributed by atoms with E-state index in [0.29, 0.717) is 6.04 Å². The largest absolute Gasteiger partial charge is 0.310 e. The molecule has 1 unspecified atom stereocenters. The molecule has 0 aliphatic carbocycles. The molecule has 1 aromatic rings. The van der Waals surface area contributed by atoms with E-state index in [1.54, 1.807) is 0 Å². The maximum Gasteiger partial charge on any atom is 0.0320 e. The van der Waals surface area contributed by atoms with Gasteiger partial charge in [0.1, 0.15) is 0 Å². The first-order valence-electron chi connectivity index (χ1n) is 7.16. The van der Waals surface area contributed by atoms with Gasteiger partial charge in [-0.3, -0.25) is 0 Å². The first-order valence-corrected chi connectivity index (χ1v) is 7.16. The molecule has 0 aliphatic rings. The summed E-state index contributed by atoms with van der Waals surface area (Å²) in [7, 11) is 0. The summed E-state index contributed by atoms with van der Waals surface area (Å²) < 4.78 is 0. The van der Waals surface area contributed by atoms with E-state index < -0.39 is 0 Å². The zero-order chi connectivity index (χ0) is 12.3. The predicted octanol–water partition coefficient (Wildman–Crippen LogP) is 4.70. The molecule has 1 atom stereocenters. The third-order valence-electron chi connectivity index (χ3n) is 3.19. The minimum Gasteiger partial charge on any atom is -0.310 e. The van der Waals surface area contributed by atoms with Crippen molar-refractivity contribution in [2.24, 2.45) is 0 Å². The zero-order valence-corrected chi connectivity index (χ0v) is 11.4. The van der Waals surface area contributed by atoms with E-state index in [2.05, 4.69) is 49.5 Å². The van der Waals surface area contributed by atoms with Crippen LogP contribution >= 0.6 is 0 Å².